The molecule has 0 saturated heterocycles. The number of hydrogen-bond donors (Lipinski definition) is 2. The second-order valence-electron chi connectivity index (χ2n) is 4.36. The van der Waals surface area contributed by atoms with Gasteiger partial charge in [0.05, 0.1) is 11.4 Å². The van der Waals surface area contributed by atoms with Crippen molar-refractivity contribution in [3.63, 3.8) is 0 Å². The molecule has 1 heterocycles. The van der Waals surface area contributed by atoms with Crippen LogP contribution >= 0.6 is 0 Å². The average Bonchev–Trinajstić information content (AvgIpc) is 2.26. The highest BCUT2D eigenvalue weighted by Gasteiger charge is 2.15. The molecule has 0 aromatic carbocycles. The Morgan fingerprint density at radius 3 is 1.94 bits per heavy atom. The summed E-state index contributed by atoms with van der Waals surface area (Å²) in [7, 11) is 0. The highest BCUT2D eigenvalue weighted by molar-refractivity contribution is 5.91. The third kappa shape index (κ3) is 2.32. The van der Waals surface area contributed by atoms with Crippen molar-refractivity contribution in [3.8, 4) is 0 Å². The molecule has 0 bridgehead atoms. The summed E-state index contributed by atoms with van der Waals surface area (Å²) in [5.41, 5.74) is 2.05. The van der Waals surface area contributed by atoms with Crippen LogP contribution in [0, 0.1) is 10.8 Å². The molecule has 0 unspecified atom stereocenters. The molecular formula is C12H18N4. The van der Waals surface area contributed by atoms with Crippen LogP contribution in [0.4, 0.5) is 0 Å². The van der Waals surface area contributed by atoms with Gasteiger partial charge >= 0.3 is 0 Å². The van der Waals surface area contributed by atoms with E-state index in [2.05, 4.69) is 9.97 Å². The Kier molecular flexibility index (Phi) is 3.88. The highest BCUT2D eigenvalue weighted by Crippen LogP contribution is 2.20. The Hall–Kier alpha value is -1.58. The van der Waals surface area contributed by atoms with Gasteiger partial charge in [-0.25, -0.2) is 9.97 Å². The Morgan fingerprint density at radius 1 is 0.938 bits per heavy atom. The maximum absolute atomic E-state index is 7.39. The molecule has 0 aliphatic carbocycles. The quantitative estimate of drug-likeness (QED) is 0.762. The van der Waals surface area contributed by atoms with Gasteiger partial charge in [-0.1, -0.05) is 27.7 Å². The van der Waals surface area contributed by atoms with E-state index in [-0.39, 0.29) is 11.8 Å². The standard InChI is InChI=1S/C12H18N4/c1-7(2)11-9(5-13)10(6-14)15-12(16-11)8(3)4/h5-8,13-14H,1-4H3. The summed E-state index contributed by atoms with van der Waals surface area (Å²) >= 11 is 0. The minimum atomic E-state index is 0.232. The van der Waals surface area contributed by atoms with E-state index >= 15 is 0 Å². The van der Waals surface area contributed by atoms with Gasteiger partial charge in [0.1, 0.15) is 5.82 Å². The molecule has 0 atom stereocenters. The van der Waals surface area contributed by atoms with Gasteiger partial charge in [0.2, 0.25) is 0 Å². The van der Waals surface area contributed by atoms with Gasteiger partial charge in [0.25, 0.3) is 0 Å². The van der Waals surface area contributed by atoms with Crippen LogP contribution in [0.1, 0.15) is 62.3 Å². The molecule has 1 aromatic heterocycles. The summed E-state index contributed by atoms with van der Waals surface area (Å²) in [5.74, 6) is 1.21. The molecule has 0 amide bonds. The number of aromatic nitrogens is 2. The lowest BCUT2D eigenvalue weighted by Crippen LogP contribution is -2.11. The number of rotatable bonds is 4. The van der Waals surface area contributed by atoms with Crippen LogP contribution in [0.2, 0.25) is 0 Å². The van der Waals surface area contributed by atoms with Gasteiger partial charge in [-0.3, -0.25) is 0 Å². The summed E-state index contributed by atoms with van der Waals surface area (Å²) < 4.78 is 0. The van der Waals surface area contributed by atoms with Gasteiger partial charge < -0.3 is 10.8 Å². The lowest BCUT2D eigenvalue weighted by atomic mass is 10.0. The van der Waals surface area contributed by atoms with E-state index in [0.717, 1.165) is 11.5 Å². The van der Waals surface area contributed by atoms with Crippen LogP contribution < -0.4 is 0 Å². The Morgan fingerprint density at radius 2 is 1.56 bits per heavy atom. The van der Waals surface area contributed by atoms with Crippen LogP contribution in [0.5, 0.6) is 0 Å². The summed E-state index contributed by atoms with van der Waals surface area (Å²) in [6.45, 7) is 8.12. The maximum Gasteiger partial charge on any atom is 0.131 e. The van der Waals surface area contributed by atoms with Crippen molar-refractivity contribution in [3.05, 3.63) is 22.8 Å². The lowest BCUT2D eigenvalue weighted by Gasteiger charge is -2.14. The van der Waals surface area contributed by atoms with Crippen molar-refractivity contribution in [2.24, 2.45) is 0 Å². The third-order valence-electron chi connectivity index (χ3n) is 2.37. The smallest absolute Gasteiger partial charge is 0.131 e. The number of nitrogens with zero attached hydrogens (tertiary/aromatic N) is 2. The molecule has 2 N–H and O–H groups in total. The molecule has 1 rings (SSSR count). The average molecular weight is 218 g/mol. The second-order valence-corrected chi connectivity index (χ2v) is 4.36. The second kappa shape index (κ2) is 4.96. The zero-order chi connectivity index (χ0) is 12.3. The first kappa shape index (κ1) is 12.5. The fourth-order valence-corrected chi connectivity index (χ4v) is 1.48. The highest BCUT2D eigenvalue weighted by atomic mass is 14.9. The van der Waals surface area contributed by atoms with E-state index in [4.69, 9.17) is 10.8 Å². The topological polar surface area (TPSA) is 73.5 Å². The van der Waals surface area contributed by atoms with Gasteiger partial charge in [-0.15, -0.1) is 0 Å². The van der Waals surface area contributed by atoms with Crippen molar-refractivity contribution in [1.29, 1.82) is 10.8 Å². The Balaban J connectivity index is 3.49. The van der Waals surface area contributed by atoms with Crippen LogP contribution in [0.25, 0.3) is 0 Å². The SMILES string of the molecule is CC(C)c1nc(C=N)c(C=N)c(C(C)C)n1. The van der Waals surface area contributed by atoms with Crippen LogP contribution in [-0.2, 0) is 0 Å². The van der Waals surface area contributed by atoms with Crippen LogP contribution in [0.3, 0.4) is 0 Å². The fraction of sp³-hybridized carbons (Fsp3) is 0.500. The van der Waals surface area contributed by atoms with Crippen LogP contribution in [-0.4, -0.2) is 22.4 Å². The first-order valence-electron chi connectivity index (χ1n) is 5.44. The molecule has 4 heteroatoms. The number of hydrogen-bond acceptors (Lipinski definition) is 4. The van der Waals surface area contributed by atoms with Crippen LogP contribution in [0.15, 0.2) is 0 Å². The molecular weight excluding hydrogens is 200 g/mol. The predicted molar refractivity (Wildman–Crippen MR) is 66.0 cm³/mol. The Labute approximate surface area is 96.2 Å². The lowest BCUT2D eigenvalue weighted by molar-refractivity contribution is 0.726. The zero-order valence-electron chi connectivity index (χ0n) is 10.2. The summed E-state index contributed by atoms with van der Waals surface area (Å²) in [6, 6.07) is 0. The van der Waals surface area contributed by atoms with E-state index in [1.807, 2.05) is 27.7 Å². The predicted octanol–water partition coefficient (Wildman–Crippen LogP) is 2.72. The van der Waals surface area contributed by atoms with E-state index in [1.54, 1.807) is 0 Å². The van der Waals surface area contributed by atoms with Gasteiger partial charge in [-0.2, -0.15) is 0 Å². The zero-order valence-corrected chi connectivity index (χ0v) is 10.2. The fourth-order valence-electron chi connectivity index (χ4n) is 1.48. The summed E-state index contributed by atoms with van der Waals surface area (Å²) in [6.07, 6.45) is 2.43. The van der Waals surface area contributed by atoms with Crippen molar-refractivity contribution in [2.75, 3.05) is 0 Å². The maximum atomic E-state index is 7.39. The van der Waals surface area contributed by atoms with Crippen molar-refractivity contribution in [1.82, 2.24) is 9.97 Å². The van der Waals surface area contributed by atoms with Gasteiger partial charge in [0, 0.05) is 23.9 Å². The van der Waals surface area contributed by atoms with Gasteiger partial charge in [0.15, 0.2) is 0 Å². The summed E-state index contributed by atoms with van der Waals surface area (Å²) in [4.78, 5) is 8.78. The van der Waals surface area contributed by atoms with E-state index in [1.165, 1.54) is 12.4 Å². The Bertz CT molecular complexity index is 408. The van der Waals surface area contributed by atoms with Crippen molar-refractivity contribution < 1.29 is 0 Å². The van der Waals surface area contributed by atoms with E-state index in [0.29, 0.717) is 11.3 Å². The molecule has 86 valence electrons. The molecule has 16 heavy (non-hydrogen) atoms. The normalized spacial score (nSPS) is 10.9. The minimum Gasteiger partial charge on any atom is -0.308 e. The summed E-state index contributed by atoms with van der Waals surface area (Å²) in [5, 5.41) is 14.7. The van der Waals surface area contributed by atoms with Crippen molar-refractivity contribution in [2.45, 2.75) is 39.5 Å². The molecule has 0 fully saturated rings. The molecule has 0 aliphatic rings. The molecule has 0 saturated carbocycles. The van der Waals surface area contributed by atoms with Gasteiger partial charge in [-0.05, 0) is 5.92 Å². The molecule has 0 radical (unpaired) electrons. The molecule has 0 aliphatic heterocycles. The van der Waals surface area contributed by atoms with E-state index in [9.17, 15) is 0 Å². The largest absolute Gasteiger partial charge is 0.308 e. The molecule has 4 nitrogen and oxygen atoms in total. The first-order valence-corrected chi connectivity index (χ1v) is 5.44. The monoisotopic (exact) mass is 218 g/mol. The third-order valence-corrected chi connectivity index (χ3v) is 2.37. The van der Waals surface area contributed by atoms with E-state index < -0.39 is 0 Å². The number of nitrogens with one attached hydrogen (secondary N) is 2. The minimum absolute atomic E-state index is 0.232. The molecule has 1 aromatic rings. The first-order chi connectivity index (χ1) is 7.51. The van der Waals surface area contributed by atoms with Crippen molar-refractivity contribution >= 4 is 12.4 Å². The molecule has 0 spiro atoms.